The Morgan fingerprint density at radius 3 is 2.53 bits per heavy atom. The third kappa shape index (κ3) is 3.98. The zero-order chi connectivity index (χ0) is 25.0. The molecule has 0 unspecified atom stereocenters. The maximum atomic E-state index is 13.8. The summed E-state index contributed by atoms with van der Waals surface area (Å²) in [6.45, 7) is 1.27. The van der Waals surface area contributed by atoms with E-state index in [1.165, 1.54) is 19.4 Å². The highest BCUT2D eigenvalue weighted by molar-refractivity contribution is 7.91. The number of benzene rings is 1. The van der Waals surface area contributed by atoms with Crippen molar-refractivity contribution in [2.75, 3.05) is 25.1 Å². The number of anilines is 2. The van der Waals surface area contributed by atoms with Gasteiger partial charge in [-0.1, -0.05) is 16.8 Å². The molecule has 1 amide bonds. The minimum absolute atomic E-state index is 0.0212. The van der Waals surface area contributed by atoms with Gasteiger partial charge in [0.1, 0.15) is 26.2 Å². The largest absolute Gasteiger partial charge is 0.491 e. The summed E-state index contributed by atoms with van der Waals surface area (Å²) in [6.07, 6.45) is 0.907. The van der Waals surface area contributed by atoms with Gasteiger partial charge < -0.3 is 18.7 Å². The highest BCUT2D eigenvalue weighted by Gasteiger charge is 2.39. The lowest BCUT2D eigenvalue weighted by Crippen LogP contribution is -2.29. The van der Waals surface area contributed by atoms with E-state index in [0.717, 1.165) is 34.6 Å². The number of halogens is 1. The number of amides is 1. The molecule has 182 valence electrons. The van der Waals surface area contributed by atoms with Gasteiger partial charge in [-0.3, -0.25) is 4.79 Å². The average Bonchev–Trinajstić information content (AvgIpc) is 3.48. The first-order chi connectivity index (χ1) is 15.9. The molecule has 3 aromatic rings. The van der Waals surface area contributed by atoms with E-state index in [9.17, 15) is 21.6 Å². The van der Waals surface area contributed by atoms with E-state index in [0.29, 0.717) is 0 Å². The molecule has 2 N–H and O–H groups in total. The van der Waals surface area contributed by atoms with E-state index in [4.69, 9.17) is 35.5 Å². The molecule has 0 saturated heterocycles. The SMILES string of the molecule is COc1c2c(cc(S(C)(=O)=O)c1N(C(=O)c1sccc1S(N)(=O)=O)c1onc(C)c1Cl)OCO2. The second-order valence-corrected chi connectivity index (χ2v) is 11.8. The van der Waals surface area contributed by atoms with Gasteiger partial charge in [-0.05, 0) is 18.4 Å². The first-order valence-electron chi connectivity index (χ1n) is 9.13. The summed E-state index contributed by atoms with van der Waals surface area (Å²) in [5, 5.41) is 10.2. The topological polar surface area (TPSA) is 168 Å². The lowest BCUT2D eigenvalue weighted by atomic mass is 10.2. The Labute approximate surface area is 202 Å². The van der Waals surface area contributed by atoms with Crippen LogP contribution in [-0.4, -0.2) is 48.1 Å². The van der Waals surface area contributed by atoms with Gasteiger partial charge in [-0.15, -0.1) is 11.3 Å². The van der Waals surface area contributed by atoms with Crippen molar-refractivity contribution in [3.05, 3.63) is 33.1 Å². The van der Waals surface area contributed by atoms with Crippen molar-refractivity contribution in [1.29, 1.82) is 0 Å². The molecule has 3 heterocycles. The molecule has 16 heteroatoms. The fraction of sp³-hybridized carbons (Fsp3) is 0.222. The van der Waals surface area contributed by atoms with Crippen molar-refractivity contribution >= 4 is 60.3 Å². The molecule has 34 heavy (non-hydrogen) atoms. The molecule has 1 aromatic carbocycles. The second-order valence-electron chi connectivity index (χ2n) is 6.95. The molecule has 0 bridgehead atoms. The number of methoxy groups -OCH3 is 1. The number of ether oxygens (including phenoxy) is 3. The van der Waals surface area contributed by atoms with Crippen molar-refractivity contribution in [3.8, 4) is 17.2 Å². The Kier molecular flexibility index (Phi) is 6.02. The fourth-order valence-corrected chi connectivity index (χ4v) is 6.13. The average molecular weight is 550 g/mol. The molecular formula is C18H16ClN3O9S3. The van der Waals surface area contributed by atoms with Crippen molar-refractivity contribution < 1.29 is 40.4 Å². The van der Waals surface area contributed by atoms with Crippen LogP contribution in [0.15, 0.2) is 31.8 Å². The monoisotopic (exact) mass is 549 g/mol. The minimum Gasteiger partial charge on any atom is -0.491 e. The number of carbonyl (C=O) groups is 1. The number of fused-ring (bicyclic) bond motifs is 1. The summed E-state index contributed by atoms with van der Waals surface area (Å²) < 4.78 is 71.2. The van der Waals surface area contributed by atoms with Crippen molar-refractivity contribution in [1.82, 2.24) is 5.16 Å². The Morgan fingerprint density at radius 1 is 1.26 bits per heavy atom. The van der Waals surface area contributed by atoms with Gasteiger partial charge in [-0.2, -0.15) is 0 Å². The summed E-state index contributed by atoms with van der Waals surface area (Å²) in [5.74, 6) is -1.50. The van der Waals surface area contributed by atoms with Crippen LogP contribution < -0.4 is 24.2 Å². The quantitative estimate of drug-likeness (QED) is 0.482. The van der Waals surface area contributed by atoms with Gasteiger partial charge in [0, 0.05) is 12.3 Å². The second kappa shape index (κ2) is 8.42. The summed E-state index contributed by atoms with van der Waals surface area (Å²) in [5.41, 5.74) is -0.154. The van der Waals surface area contributed by atoms with Gasteiger partial charge in [0.05, 0.1) is 12.0 Å². The van der Waals surface area contributed by atoms with E-state index >= 15 is 0 Å². The zero-order valence-corrected chi connectivity index (χ0v) is 20.9. The maximum Gasteiger partial charge on any atom is 0.276 e. The highest BCUT2D eigenvalue weighted by Crippen LogP contribution is 2.53. The number of aryl methyl sites for hydroxylation is 1. The number of nitrogens with zero attached hydrogens (tertiary/aromatic N) is 2. The number of thiophene rings is 1. The number of nitrogens with two attached hydrogens (primary N) is 1. The molecule has 0 radical (unpaired) electrons. The Balaban J connectivity index is 2.11. The molecule has 12 nitrogen and oxygen atoms in total. The number of sulfone groups is 1. The third-order valence-corrected chi connectivity index (χ3v) is 8.23. The summed E-state index contributed by atoms with van der Waals surface area (Å²) in [6, 6.07) is 2.30. The summed E-state index contributed by atoms with van der Waals surface area (Å²) in [4.78, 5) is 13.4. The van der Waals surface area contributed by atoms with Crippen LogP contribution in [0.3, 0.4) is 0 Å². The number of rotatable bonds is 6. The predicted octanol–water partition coefficient (Wildman–Crippen LogP) is 2.46. The number of primary sulfonamides is 1. The van der Waals surface area contributed by atoms with E-state index in [-0.39, 0.29) is 51.2 Å². The third-order valence-electron chi connectivity index (χ3n) is 4.70. The first-order valence-corrected chi connectivity index (χ1v) is 13.8. The van der Waals surface area contributed by atoms with E-state index in [1.54, 1.807) is 0 Å². The Morgan fingerprint density at radius 2 is 1.97 bits per heavy atom. The number of sulfonamides is 1. The standard InChI is InChI=1S/C18H16ClN3O9S3/c1-8-12(19)18(31-21-8)22(17(23)16-10(4-5-32-16)34(20,26)27)13-11(33(3,24)25)6-9-14(15(13)28-2)30-7-29-9/h4-6H,7H2,1-3H3,(H2,20,26,27). The van der Waals surface area contributed by atoms with E-state index in [1.807, 2.05) is 0 Å². The van der Waals surface area contributed by atoms with Crippen molar-refractivity contribution in [2.45, 2.75) is 16.7 Å². The predicted molar refractivity (Wildman–Crippen MR) is 121 cm³/mol. The minimum atomic E-state index is -4.31. The van der Waals surface area contributed by atoms with Crippen LogP contribution in [0.4, 0.5) is 11.6 Å². The number of hydrogen-bond acceptors (Lipinski definition) is 11. The van der Waals surface area contributed by atoms with Gasteiger partial charge in [0.25, 0.3) is 11.8 Å². The van der Waals surface area contributed by atoms with Crippen LogP contribution in [0.2, 0.25) is 5.02 Å². The van der Waals surface area contributed by atoms with Crippen LogP contribution in [0, 0.1) is 6.92 Å². The molecule has 0 fully saturated rings. The fourth-order valence-electron chi connectivity index (χ4n) is 3.22. The van der Waals surface area contributed by atoms with Gasteiger partial charge in [0.15, 0.2) is 21.3 Å². The molecule has 4 rings (SSSR count). The molecule has 2 aromatic heterocycles. The molecule has 0 aliphatic carbocycles. The molecule has 1 aliphatic heterocycles. The van der Waals surface area contributed by atoms with Crippen molar-refractivity contribution in [3.63, 3.8) is 0 Å². The van der Waals surface area contributed by atoms with Crippen LogP contribution >= 0.6 is 22.9 Å². The number of hydrogen-bond donors (Lipinski definition) is 1. The van der Waals surface area contributed by atoms with Gasteiger partial charge in [-0.25, -0.2) is 26.9 Å². The summed E-state index contributed by atoms with van der Waals surface area (Å²) >= 11 is 7.10. The Hall–Kier alpha value is -2.85. The number of carbonyl (C=O) groups excluding carboxylic acids is 1. The van der Waals surface area contributed by atoms with E-state index in [2.05, 4.69) is 5.16 Å². The lowest BCUT2D eigenvalue weighted by Gasteiger charge is -2.25. The molecule has 0 atom stereocenters. The van der Waals surface area contributed by atoms with Crippen molar-refractivity contribution in [2.24, 2.45) is 5.14 Å². The molecule has 1 aliphatic rings. The zero-order valence-electron chi connectivity index (χ0n) is 17.7. The van der Waals surface area contributed by atoms with Crippen LogP contribution in [0.5, 0.6) is 17.2 Å². The van der Waals surface area contributed by atoms with Crippen LogP contribution in [0.1, 0.15) is 15.4 Å². The highest BCUT2D eigenvalue weighted by atomic mass is 35.5. The summed E-state index contributed by atoms with van der Waals surface area (Å²) in [7, 11) is -7.13. The van der Waals surface area contributed by atoms with Gasteiger partial charge in [0.2, 0.25) is 22.6 Å². The lowest BCUT2D eigenvalue weighted by molar-refractivity contribution is 0.0994. The molecular weight excluding hydrogens is 534 g/mol. The first kappa shape index (κ1) is 24.3. The Bertz CT molecular complexity index is 1530. The number of aromatic nitrogens is 1. The van der Waals surface area contributed by atoms with Gasteiger partial charge >= 0.3 is 0 Å². The smallest absolute Gasteiger partial charge is 0.276 e. The van der Waals surface area contributed by atoms with E-state index < -0.39 is 35.6 Å². The van der Waals surface area contributed by atoms with Crippen LogP contribution in [-0.2, 0) is 19.9 Å². The normalized spacial score (nSPS) is 13.2. The maximum absolute atomic E-state index is 13.8. The molecule has 0 spiro atoms. The molecule has 0 saturated carbocycles. The van der Waals surface area contributed by atoms with Crippen LogP contribution in [0.25, 0.3) is 0 Å².